The van der Waals surface area contributed by atoms with E-state index in [4.69, 9.17) is 0 Å². The van der Waals surface area contributed by atoms with Crippen molar-refractivity contribution in [3.63, 3.8) is 0 Å². The molecule has 2 aromatic carbocycles. The molecule has 0 spiro atoms. The highest BCUT2D eigenvalue weighted by molar-refractivity contribution is 5.28. The summed E-state index contributed by atoms with van der Waals surface area (Å²) in [5, 5.41) is 21.4. The molecule has 94 valence electrons. The van der Waals surface area contributed by atoms with E-state index in [0.717, 1.165) is 12.1 Å². The normalized spacial score (nSPS) is 12.3. The van der Waals surface area contributed by atoms with Gasteiger partial charge in [0.25, 0.3) is 0 Å². The molecular weight excluding hydrogens is 226 g/mol. The van der Waals surface area contributed by atoms with Gasteiger partial charge < -0.3 is 15.5 Å². The third kappa shape index (κ3) is 3.58. The Morgan fingerprint density at radius 2 is 1.78 bits per heavy atom. The number of rotatable bonds is 5. The minimum Gasteiger partial charge on any atom is -0.508 e. The molecule has 0 fully saturated rings. The van der Waals surface area contributed by atoms with Gasteiger partial charge in [-0.1, -0.05) is 42.5 Å². The molecule has 0 saturated carbocycles. The second-order valence-electron chi connectivity index (χ2n) is 4.32. The molecule has 1 atom stereocenters. The van der Waals surface area contributed by atoms with Crippen LogP contribution >= 0.6 is 0 Å². The highest BCUT2D eigenvalue weighted by Crippen LogP contribution is 2.16. The van der Waals surface area contributed by atoms with E-state index in [9.17, 15) is 10.2 Å². The molecule has 4 N–H and O–H groups in total. The van der Waals surface area contributed by atoms with Crippen molar-refractivity contribution >= 4 is 0 Å². The number of aliphatic hydroxyl groups is 1. The third-order valence-corrected chi connectivity index (χ3v) is 2.87. The van der Waals surface area contributed by atoms with E-state index in [-0.39, 0.29) is 5.75 Å². The number of benzene rings is 2. The molecule has 0 saturated heterocycles. The zero-order valence-electron chi connectivity index (χ0n) is 10.2. The fourth-order valence-electron chi connectivity index (χ4n) is 1.89. The van der Waals surface area contributed by atoms with Gasteiger partial charge >= 0.3 is 0 Å². The lowest BCUT2D eigenvalue weighted by Crippen LogP contribution is -2.83. The van der Waals surface area contributed by atoms with Crippen LogP contribution in [0.2, 0.25) is 0 Å². The van der Waals surface area contributed by atoms with Crippen molar-refractivity contribution in [2.45, 2.75) is 12.6 Å². The van der Waals surface area contributed by atoms with E-state index >= 15 is 0 Å². The van der Waals surface area contributed by atoms with Crippen molar-refractivity contribution in [2.24, 2.45) is 0 Å². The van der Waals surface area contributed by atoms with E-state index in [1.165, 1.54) is 5.56 Å². The summed E-state index contributed by atoms with van der Waals surface area (Å²) in [6.45, 7) is 1.43. The van der Waals surface area contributed by atoms with Gasteiger partial charge in [0.05, 0.1) is 0 Å². The minimum absolute atomic E-state index is 0.189. The fourth-order valence-corrected chi connectivity index (χ4v) is 1.89. The SMILES string of the molecule is Oc1cccc([C@H](O)C[NH2+]Cc2ccccc2)c1. The van der Waals surface area contributed by atoms with E-state index in [0.29, 0.717) is 6.54 Å². The lowest BCUT2D eigenvalue weighted by atomic mass is 10.1. The molecule has 3 heteroatoms. The van der Waals surface area contributed by atoms with Crippen LogP contribution in [-0.4, -0.2) is 16.8 Å². The van der Waals surface area contributed by atoms with Crippen LogP contribution in [0.15, 0.2) is 54.6 Å². The van der Waals surface area contributed by atoms with Crippen molar-refractivity contribution in [3.05, 3.63) is 65.7 Å². The predicted octanol–water partition coefficient (Wildman–Crippen LogP) is 1.19. The quantitative estimate of drug-likeness (QED) is 0.740. The summed E-state index contributed by atoms with van der Waals surface area (Å²) in [5.74, 6) is 0.189. The Morgan fingerprint density at radius 3 is 2.50 bits per heavy atom. The molecule has 2 rings (SSSR count). The average molecular weight is 244 g/mol. The molecular formula is C15H18NO2+. The largest absolute Gasteiger partial charge is 0.508 e. The lowest BCUT2D eigenvalue weighted by Gasteiger charge is -2.10. The number of hydrogen-bond acceptors (Lipinski definition) is 2. The van der Waals surface area contributed by atoms with E-state index in [1.54, 1.807) is 18.2 Å². The molecule has 3 nitrogen and oxygen atoms in total. The van der Waals surface area contributed by atoms with Gasteiger partial charge in [0.2, 0.25) is 0 Å². The second kappa shape index (κ2) is 6.19. The Kier molecular flexibility index (Phi) is 4.34. The van der Waals surface area contributed by atoms with Crippen LogP contribution in [-0.2, 0) is 6.54 Å². The number of aromatic hydroxyl groups is 1. The van der Waals surface area contributed by atoms with Crippen molar-refractivity contribution in [1.29, 1.82) is 0 Å². The zero-order valence-corrected chi connectivity index (χ0v) is 10.2. The second-order valence-corrected chi connectivity index (χ2v) is 4.32. The lowest BCUT2D eigenvalue weighted by molar-refractivity contribution is -0.677. The first-order valence-corrected chi connectivity index (χ1v) is 6.08. The van der Waals surface area contributed by atoms with Crippen LogP contribution in [0, 0.1) is 0 Å². The van der Waals surface area contributed by atoms with Crippen LogP contribution in [0.25, 0.3) is 0 Å². The molecule has 2 aromatic rings. The van der Waals surface area contributed by atoms with Gasteiger partial charge in [0, 0.05) is 5.56 Å². The van der Waals surface area contributed by atoms with E-state index < -0.39 is 6.10 Å². The van der Waals surface area contributed by atoms with Crippen LogP contribution in [0.3, 0.4) is 0 Å². The maximum absolute atomic E-state index is 9.98. The summed E-state index contributed by atoms with van der Waals surface area (Å²) in [5.41, 5.74) is 1.99. The highest BCUT2D eigenvalue weighted by atomic mass is 16.3. The Bertz CT molecular complexity index is 485. The number of quaternary nitrogens is 1. The smallest absolute Gasteiger partial charge is 0.128 e. The number of nitrogens with two attached hydrogens (primary N) is 1. The van der Waals surface area contributed by atoms with Crippen LogP contribution in [0.1, 0.15) is 17.2 Å². The summed E-state index contributed by atoms with van der Waals surface area (Å²) in [6, 6.07) is 16.9. The van der Waals surface area contributed by atoms with Gasteiger partial charge in [-0.3, -0.25) is 0 Å². The van der Waals surface area contributed by atoms with Crippen LogP contribution in [0.4, 0.5) is 0 Å². The molecule has 0 aliphatic heterocycles. The molecule has 0 heterocycles. The molecule has 0 bridgehead atoms. The summed E-state index contributed by atoms with van der Waals surface area (Å²) >= 11 is 0. The molecule has 0 amide bonds. The van der Waals surface area contributed by atoms with Gasteiger partial charge in [-0.15, -0.1) is 0 Å². The Balaban J connectivity index is 1.83. The summed E-state index contributed by atoms with van der Waals surface area (Å²) in [4.78, 5) is 0. The third-order valence-electron chi connectivity index (χ3n) is 2.87. The van der Waals surface area contributed by atoms with E-state index in [1.807, 2.05) is 24.3 Å². The van der Waals surface area contributed by atoms with Crippen molar-refractivity contribution < 1.29 is 15.5 Å². The maximum Gasteiger partial charge on any atom is 0.128 e. The van der Waals surface area contributed by atoms with Crippen molar-refractivity contribution in [3.8, 4) is 5.75 Å². The molecule has 18 heavy (non-hydrogen) atoms. The molecule has 0 aromatic heterocycles. The first-order valence-electron chi connectivity index (χ1n) is 6.08. The van der Waals surface area contributed by atoms with Gasteiger partial charge in [-0.25, -0.2) is 0 Å². The molecule has 0 aliphatic carbocycles. The van der Waals surface area contributed by atoms with Gasteiger partial charge in [0.1, 0.15) is 24.9 Å². The van der Waals surface area contributed by atoms with E-state index in [2.05, 4.69) is 17.4 Å². The molecule has 0 radical (unpaired) electrons. The Labute approximate surface area is 107 Å². The van der Waals surface area contributed by atoms with Crippen LogP contribution in [0.5, 0.6) is 5.75 Å². The number of aliphatic hydroxyl groups excluding tert-OH is 1. The summed E-state index contributed by atoms with van der Waals surface area (Å²) < 4.78 is 0. The molecule has 0 unspecified atom stereocenters. The highest BCUT2D eigenvalue weighted by Gasteiger charge is 2.09. The van der Waals surface area contributed by atoms with Crippen molar-refractivity contribution in [2.75, 3.05) is 6.54 Å². The Hall–Kier alpha value is -1.84. The number of phenols is 1. The van der Waals surface area contributed by atoms with Gasteiger partial charge in [-0.05, 0) is 17.7 Å². The standard InChI is InChI=1S/C15H17NO2/c17-14-8-4-7-13(9-14)15(18)11-16-10-12-5-2-1-3-6-12/h1-9,15-18H,10-11H2/p+1/t15-/m1/s1. The van der Waals surface area contributed by atoms with Crippen molar-refractivity contribution in [1.82, 2.24) is 0 Å². The van der Waals surface area contributed by atoms with Crippen LogP contribution < -0.4 is 5.32 Å². The zero-order chi connectivity index (χ0) is 12.8. The minimum atomic E-state index is -0.555. The number of hydrogen-bond donors (Lipinski definition) is 3. The maximum atomic E-state index is 9.98. The topological polar surface area (TPSA) is 57.1 Å². The van der Waals surface area contributed by atoms with Gasteiger partial charge in [0.15, 0.2) is 0 Å². The molecule has 0 aliphatic rings. The van der Waals surface area contributed by atoms with Gasteiger partial charge in [-0.2, -0.15) is 0 Å². The average Bonchev–Trinajstić information content (AvgIpc) is 2.40. The monoisotopic (exact) mass is 244 g/mol. The number of phenolic OH excluding ortho intramolecular Hbond substituents is 1. The predicted molar refractivity (Wildman–Crippen MR) is 70.0 cm³/mol. The summed E-state index contributed by atoms with van der Waals surface area (Å²) in [7, 11) is 0. The summed E-state index contributed by atoms with van der Waals surface area (Å²) in [6.07, 6.45) is -0.555. The first kappa shape index (κ1) is 12.6. The Morgan fingerprint density at radius 1 is 1.00 bits per heavy atom. The first-order chi connectivity index (χ1) is 8.75. The fraction of sp³-hybridized carbons (Fsp3) is 0.200.